The van der Waals surface area contributed by atoms with Gasteiger partial charge in [-0.2, -0.15) is 0 Å². The summed E-state index contributed by atoms with van der Waals surface area (Å²) in [4.78, 5) is 17.5. The summed E-state index contributed by atoms with van der Waals surface area (Å²) in [5, 5.41) is 4.93. The van der Waals surface area contributed by atoms with Gasteiger partial charge in [-0.25, -0.2) is 4.98 Å². The number of amides is 1. The number of thiazole rings is 1. The summed E-state index contributed by atoms with van der Waals surface area (Å²) in [6, 6.07) is 11.0. The van der Waals surface area contributed by atoms with E-state index in [0.717, 1.165) is 20.7 Å². The van der Waals surface area contributed by atoms with Gasteiger partial charge in [0, 0.05) is 10.1 Å². The molecule has 0 aliphatic carbocycles. The van der Waals surface area contributed by atoms with Crippen LogP contribution in [0.15, 0.2) is 36.4 Å². The van der Waals surface area contributed by atoms with E-state index in [1.54, 1.807) is 13.2 Å². The van der Waals surface area contributed by atoms with Crippen molar-refractivity contribution in [2.45, 2.75) is 0 Å². The predicted molar refractivity (Wildman–Crippen MR) is 106 cm³/mol. The molecule has 0 aliphatic rings. The van der Waals surface area contributed by atoms with E-state index < -0.39 is 0 Å². The van der Waals surface area contributed by atoms with Crippen molar-refractivity contribution >= 4 is 77.2 Å². The number of hydrogen-bond donors (Lipinski definition) is 1. The molecule has 8 heteroatoms. The van der Waals surface area contributed by atoms with Gasteiger partial charge in [0.05, 0.1) is 27.4 Å². The molecule has 0 spiro atoms. The summed E-state index contributed by atoms with van der Waals surface area (Å²) in [5.41, 5.74) is 0.798. The minimum atomic E-state index is -0.298. The number of rotatable bonds is 3. The minimum absolute atomic E-state index is 0.298. The van der Waals surface area contributed by atoms with Gasteiger partial charge in [-0.15, -0.1) is 11.3 Å². The first-order valence-corrected chi connectivity index (χ1v) is 9.58. The lowest BCUT2D eigenvalue weighted by Crippen LogP contribution is -2.10. The topological polar surface area (TPSA) is 51.2 Å². The van der Waals surface area contributed by atoms with Gasteiger partial charge in [0.15, 0.2) is 5.13 Å². The molecule has 1 amide bonds. The second-order valence-electron chi connectivity index (χ2n) is 5.16. The van der Waals surface area contributed by atoms with Crippen molar-refractivity contribution in [3.8, 4) is 5.75 Å². The van der Waals surface area contributed by atoms with Gasteiger partial charge in [-0.3, -0.25) is 10.1 Å². The van der Waals surface area contributed by atoms with Gasteiger partial charge in [0.2, 0.25) is 0 Å². The number of methoxy groups -OCH3 is 1. The van der Waals surface area contributed by atoms with Gasteiger partial charge in [0.25, 0.3) is 5.91 Å². The Labute approximate surface area is 161 Å². The van der Waals surface area contributed by atoms with Gasteiger partial charge in [0.1, 0.15) is 10.6 Å². The molecule has 4 aromatic rings. The SMILES string of the molecule is COc1ccc2nc(NC(=O)c3sc4cccc(Cl)c4c3Cl)sc2c1. The quantitative estimate of drug-likeness (QED) is 0.446. The number of ether oxygens (including phenoxy) is 1. The molecule has 0 unspecified atom stereocenters. The number of anilines is 1. The molecule has 2 aromatic carbocycles. The summed E-state index contributed by atoms with van der Waals surface area (Å²) in [6.45, 7) is 0. The molecule has 0 fully saturated rings. The Morgan fingerprint density at radius 2 is 2.00 bits per heavy atom. The molecular formula is C17H10Cl2N2O2S2. The first-order valence-electron chi connectivity index (χ1n) is 7.19. The van der Waals surface area contributed by atoms with Crippen molar-refractivity contribution in [1.29, 1.82) is 0 Å². The largest absolute Gasteiger partial charge is 0.497 e. The normalized spacial score (nSPS) is 11.2. The van der Waals surface area contributed by atoms with Crippen LogP contribution in [-0.4, -0.2) is 18.0 Å². The first kappa shape index (κ1) is 16.6. The highest BCUT2D eigenvalue weighted by atomic mass is 35.5. The van der Waals surface area contributed by atoms with Gasteiger partial charge < -0.3 is 4.74 Å². The van der Waals surface area contributed by atoms with Crippen LogP contribution in [0.5, 0.6) is 5.75 Å². The molecule has 0 radical (unpaired) electrons. The van der Waals surface area contributed by atoms with Gasteiger partial charge >= 0.3 is 0 Å². The van der Waals surface area contributed by atoms with Crippen LogP contribution in [0.2, 0.25) is 10.0 Å². The molecule has 4 rings (SSSR count). The second-order valence-corrected chi connectivity index (χ2v) is 8.03. The molecule has 1 N–H and O–H groups in total. The van der Waals surface area contributed by atoms with Crippen molar-refractivity contribution in [3.05, 3.63) is 51.3 Å². The highest BCUT2D eigenvalue weighted by Gasteiger charge is 2.20. The molecule has 0 atom stereocenters. The van der Waals surface area contributed by atoms with Crippen LogP contribution in [-0.2, 0) is 0 Å². The standard InChI is InChI=1S/C17H10Cl2N2O2S2/c1-23-8-5-6-10-12(7-8)25-17(20-10)21-16(22)15-14(19)13-9(18)3-2-4-11(13)24-15/h2-7H,1H3,(H,20,21,22). The van der Waals surface area contributed by atoms with Crippen LogP contribution in [0, 0.1) is 0 Å². The number of nitrogens with zero attached hydrogens (tertiary/aromatic N) is 1. The number of nitrogens with one attached hydrogen (secondary N) is 1. The zero-order chi connectivity index (χ0) is 17.6. The maximum atomic E-state index is 12.6. The summed E-state index contributed by atoms with van der Waals surface area (Å²) >= 11 is 15.2. The lowest BCUT2D eigenvalue weighted by atomic mass is 10.2. The molecule has 4 nitrogen and oxygen atoms in total. The first-order chi connectivity index (χ1) is 12.1. The number of hydrogen-bond acceptors (Lipinski definition) is 5. The number of carbonyl (C=O) groups is 1. The average Bonchev–Trinajstić information content (AvgIpc) is 3.15. The maximum Gasteiger partial charge on any atom is 0.269 e. The van der Waals surface area contributed by atoms with Crippen LogP contribution in [0.4, 0.5) is 5.13 Å². The molecular weight excluding hydrogens is 399 g/mol. The fourth-order valence-corrected chi connectivity index (χ4v) is 5.20. The van der Waals surface area contributed by atoms with Gasteiger partial charge in [-0.05, 0) is 30.3 Å². The van der Waals surface area contributed by atoms with Crippen molar-refractivity contribution in [3.63, 3.8) is 0 Å². The Bertz CT molecular complexity index is 1120. The fourth-order valence-electron chi connectivity index (χ4n) is 2.46. The summed E-state index contributed by atoms with van der Waals surface area (Å²) < 4.78 is 7.01. The fraction of sp³-hybridized carbons (Fsp3) is 0.0588. The lowest BCUT2D eigenvalue weighted by Gasteiger charge is -1.99. The van der Waals surface area contributed by atoms with Crippen LogP contribution < -0.4 is 10.1 Å². The van der Waals surface area contributed by atoms with E-state index in [9.17, 15) is 4.79 Å². The van der Waals surface area contributed by atoms with E-state index >= 15 is 0 Å². The van der Waals surface area contributed by atoms with E-state index in [2.05, 4.69) is 10.3 Å². The molecule has 0 saturated carbocycles. The Hall–Kier alpha value is -1.86. The van der Waals surface area contributed by atoms with Crippen LogP contribution >= 0.6 is 45.9 Å². The Morgan fingerprint density at radius 1 is 1.16 bits per heavy atom. The number of carbonyl (C=O) groups excluding carboxylic acids is 1. The smallest absolute Gasteiger partial charge is 0.269 e. The van der Waals surface area contributed by atoms with Crippen molar-refractivity contribution in [2.75, 3.05) is 12.4 Å². The molecule has 126 valence electrons. The van der Waals surface area contributed by atoms with Crippen molar-refractivity contribution < 1.29 is 9.53 Å². The third kappa shape index (κ3) is 2.95. The van der Waals surface area contributed by atoms with Crippen LogP contribution in [0.1, 0.15) is 9.67 Å². The number of fused-ring (bicyclic) bond motifs is 2. The van der Waals surface area contributed by atoms with E-state index in [-0.39, 0.29) is 5.91 Å². The molecule has 2 heterocycles. The van der Waals surface area contributed by atoms with Crippen molar-refractivity contribution in [1.82, 2.24) is 4.98 Å². The highest BCUT2D eigenvalue weighted by Crippen LogP contribution is 2.40. The molecule has 0 aliphatic heterocycles. The Kier molecular flexibility index (Phi) is 4.29. The molecule has 0 saturated heterocycles. The Morgan fingerprint density at radius 3 is 2.76 bits per heavy atom. The number of halogens is 2. The Balaban J connectivity index is 1.68. The average molecular weight is 409 g/mol. The van der Waals surface area contributed by atoms with E-state index in [4.69, 9.17) is 27.9 Å². The van der Waals surface area contributed by atoms with E-state index in [1.807, 2.05) is 30.3 Å². The summed E-state index contributed by atoms with van der Waals surface area (Å²) in [7, 11) is 1.61. The zero-order valence-electron chi connectivity index (χ0n) is 12.8. The second kappa shape index (κ2) is 6.46. The molecule has 25 heavy (non-hydrogen) atoms. The van der Waals surface area contributed by atoms with Gasteiger partial charge in [-0.1, -0.05) is 40.6 Å². The maximum absolute atomic E-state index is 12.6. The van der Waals surface area contributed by atoms with Crippen LogP contribution in [0.25, 0.3) is 20.3 Å². The summed E-state index contributed by atoms with van der Waals surface area (Å²) in [5.74, 6) is 0.449. The lowest BCUT2D eigenvalue weighted by molar-refractivity contribution is 0.103. The van der Waals surface area contributed by atoms with Crippen LogP contribution in [0.3, 0.4) is 0 Å². The molecule has 2 aromatic heterocycles. The number of aromatic nitrogens is 1. The third-order valence-corrected chi connectivity index (χ3v) is 6.52. The zero-order valence-corrected chi connectivity index (χ0v) is 15.9. The predicted octanol–water partition coefficient (Wildman–Crippen LogP) is 6.08. The molecule has 0 bridgehead atoms. The van der Waals surface area contributed by atoms with Crippen molar-refractivity contribution in [2.24, 2.45) is 0 Å². The summed E-state index contributed by atoms with van der Waals surface area (Å²) in [6.07, 6.45) is 0. The number of benzene rings is 2. The van der Waals surface area contributed by atoms with E-state index in [1.165, 1.54) is 22.7 Å². The van der Waals surface area contributed by atoms with E-state index in [0.29, 0.717) is 25.4 Å². The number of thiophene rings is 1. The minimum Gasteiger partial charge on any atom is -0.497 e. The highest BCUT2D eigenvalue weighted by molar-refractivity contribution is 7.23. The third-order valence-electron chi connectivity index (χ3n) is 3.63. The monoisotopic (exact) mass is 408 g/mol.